The number of nitro benzene ring substituents is 1. The molecule has 1 aromatic carbocycles. The molecule has 96 valence electrons. The second kappa shape index (κ2) is 6.10. The predicted octanol–water partition coefficient (Wildman–Crippen LogP) is 1.06. The van der Waals surface area contributed by atoms with Crippen LogP contribution >= 0.6 is 15.9 Å². The number of carboxylic acid groups (broad SMARTS) is 1. The van der Waals surface area contributed by atoms with Gasteiger partial charge in [0.1, 0.15) is 6.09 Å². The molecule has 2 amide bonds. The van der Waals surface area contributed by atoms with Gasteiger partial charge in [-0.05, 0) is 12.1 Å². The van der Waals surface area contributed by atoms with E-state index >= 15 is 0 Å². The van der Waals surface area contributed by atoms with E-state index in [-0.39, 0.29) is 17.8 Å². The first-order valence-corrected chi connectivity index (χ1v) is 5.94. The van der Waals surface area contributed by atoms with Gasteiger partial charge in [0.15, 0.2) is 0 Å². The van der Waals surface area contributed by atoms with Crippen LogP contribution in [0.3, 0.4) is 0 Å². The summed E-state index contributed by atoms with van der Waals surface area (Å²) in [7, 11) is 0. The number of alkyl halides is 1. The Morgan fingerprint density at radius 2 is 1.83 bits per heavy atom. The Kier molecular flexibility index (Phi) is 4.78. The minimum atomic E-state index is -1.67. The highest BCUT2D eigenvalue weighted by Crippen LogP contribution is 2.20. The van der Waals surface area contributed by atoms with E-state index in [0.717, 1.165) is 12.1 Å². The van der Waals surface area contributed by atoms with Crippen LogP contribution in [-0.4, -0.2) is 22.3 Å². The van der Waals surface area contributed by atoms with Crippen LogP contribution in [0, 0.1) is 10.1 Å². The third-order valence-electron chi connectivity index (χ3n) is 2.06. The molecule has 0 radical (unpaired) electrons. The average Bonchev–Trinajstić information content (AvgIpc) is 2.29. The van der Waals surface area contributed by atoms with E-state index in [1.807, 2.05) is 0 Å². The van der Waals surface area contributed by atoms with Crippen molar-refractivity contribution >= 4 is 39.3 Å². The first kappa shape index (κ1) is 14.1. The van der Waals surface area contributed by atoms with Crippen LogP contribution in [0.5, 0.6) is 0 Å². The van der Waals surface area contributed by atoms with Gasteiger partial charge in [-0.25, -0.2) is 0 Å². The number of hydrogen-bond acceptors (Lipinski definition) is 5. The van der Waals surface area contributed by atoms with Gasteiger partial charge in [0.05, 0.1) is 10.6 Å². The van der Waals surface area contributed by atoms with Crippen molar-refractivity contribution in [3.63, 3.8) is 0 Å². The van der Waals surface area contributed by atoms with E-state index in [4.69, 9.17) is 0 Å². The Hall–Kier alpha value is -1.96. The molecule has 0 heterocycles. The Morgan fingerprint density at radius 3 is 2.22 bits per heavy atom. The van der Waals surface area contributed by atoms with Gasteiger partial charge in [0, 0.05) is 23.9 Å². The maximum atomic E-state index is 11.5. The summed E-state index contributed by atoms with van der Waals surface area (Å²) in [5.74, 6) is -0.666. The monoisotopic (exact) mass is 315 g/mol. The number of carbonyl (C=O) groups is 2. The molecule has 0 aromatic heterocycles. The van der Waals surface area contributed by atoms with E-state index in [1.165, 1.54) is 12.1 Å². The highest BCUT2D eigenvalue weighted by Gasteiger charge is 2.17. The lowest BCUT2D eigenvalue weighted by Gasteiger charge is -2.22. The third-order valence-corrected chi connectivity index (χ3v) is 2.46. The van der Waals surface area contributed by atoms with Crippen molar-refractivity contribution in [1.82, 2.24) is 0 Å². The van der Waals surface area contributed by atoms with E-state index in [1.54, 1.807) is 0 Å². The van der Waals surface area contributed by atoms with Crippen LogP contribution in [-0.2, 0) is 4.79 Å². The summed E-state index contributed by atoms with van der Waals surface area (Å²) in [5, 5.41) is 21.6. The van der Waals surface area contributed by atoms with Crippen LogP contribution < -0.4 is 10.0 Å². The second-order valence-electron chi connectivity index (χ2n) is 3.21. The fraction of sp³-hybridized carbons (Fsp3) is 0.200. The molecule has 0 aliphatic rings. The molecule has 7 nitrogen and oxygen atoms in total. The molecule has 0 N–H and O–H groups in total. The molecule has 0 fully saturated rings. The van der Waals surface area contributed by atoms with Crippen LogP contribution in [0.25, 0.3) is 0 Å². The molecule has 1 aromatic rings. The first-order chi connectivity index (χ1) is 8.47. The summed E-state index contributed by atoms with van der Waals surface area (Å²) in [5.41, 5.74) is -0.170. The summed E-state index contributed by atoms with van der Waals surface area (Å²) < 4.78 is 0. The summed E-state index contributed by atoms with van der Waals surface area (Å²) >= 11 is 3.02. The number of nitrogens with zero attached hydrogens (tertiary/aromatic N) is 2. The number of nitro groups is 1. The van der Waals surface area contributed by atoms with Crippen LogP contribution in [0.4, 0.5) is 16.2 Å². The average molecular weight is 316 g/mol. The van der Waals surface area contributed by atoms with Crippen LogP contribution in [0.1, 0.15) is 6.42 Å². The van der Waals surface area contributed by atoms with Crippen molar-refractivity contribution in [1.29, 1.82) is 0 Å². The minimum Gasteiger partial charge on any atom is -0.529 e. The van der Waals surface area contributed by atoms with Gasteiger partial charge in [0.25, 0.3) is 5.69 Å². The fourth-order valence-electron chi connectivity index (χ4n) is 1.27. The highest BCUT2D eigenvalue weighted by molar-refractivity contribution is 9.09. The van der Waals surface area contributed by atoms with Crippen molar-refractivity contribution in [3.05, 3.63) is 34.4 Å². The molecule has 0 saturated carbocycles. The zero-order valence-corrected chi connectivity index (χ0v) is 10.6. The Morgan fingerprint density at radius 1 is 1.28 bits per heavy atom. The number of rotatable bonds is 4. The summed E-state index contributed by atoms with van der Waals surface area (Å²) in [6.45, 7) is 0. The SMILES string of the molecule is O=C([O-])N(C(=O)CCBr)c1ccc([N+](=O)[O-])cc1. The molecule has 0 aliphatic heterocycles. The molecule has 0 spiro atoms. The quantitative estimate of drug-likeness (QED) is 0.469. The Bertz CT molecular complexity index is 474. The van der Waals surface area contributed by atoms with Crippen LogP contribution in [0.2, 0.25) is 0 Å². The number of benzene rings is 1. The number of hydrogen-bond donors (Lipinski definition) is 0. The van der Waals surface area contributed by atoms with Crippen molar-refractivity contribution in [2.75, 3.05) is 10.2 Å². The molecular formula is C10H8BrN2O5-. The number of anilines is 1. The van der Waals surface area contributed by atoms with E-state index in [0.29, 0.717) is 10.2 Å². The van der Waals surface area contributed by atoms with Crippen molar-refractivity contribution in [2.45, 2.75) is 6.42 Å². The normalized spacial score (nSPS) is 9.83. The topological polar surface area (TPSA) is 104 Å². The number of carbonyl (C=O) groups excluding carboxylic acids is 2. The zero-order chi connectivity index (χ0) is 13.7. The molecular weight excluding hydrogens is 308 g/mol. The number of halogens is 1. The number of non-ortho nitro benzene ring substituents is 1. The lowest BCUT2D eigenvalue weighted by atomic mass is 10.2. The molecule has 8 heteroatoms. The summed E-state index contributed by atoms with van der Waals surface area (Å²) in [6, 6.07) is 4.60. The standard InChI is InChI=1S/C10H9BrN2O5/c11-6-5-9(14)12(10(15)16)7-1-3-8(4-2-7)13(17)18/h1-4H,5-6H2,(H,15,16)/p-1. The van der Waals surface area contributed by atoms with Gasteiger partial charge in [-0.2, -0.15) is 0 Å². The number of amides is 2. The fourth-order valence-corrected chi connectivity index (χ4v) is 1.61. The van der Waals surface area contributed by atoms with Gasteiger partial charge in [-0.1, -0.05) is 15.9 Å². The Labute approximate surface area is 110 Å². The van der Waals surface area contributed by atoms with E-state index in [9.17, 15) is 24.8 Å². The lowest BCUT2D eigenvalue weighted by molar-refractivity contribution is -0.384. The van der Waals surface area contributed by atoms with Gasteiger partial charge >= 0.3 is 0 Å². The van der Waals surface area contributed by atoms with E-state index < -0.39 is 16.9 Å². The van der Waals surface area contributed by atoms with Gasteiger partial charge < -0.3 is 9.90 Å². The maximum absolute atomic E-state index is 11.5. The molecule has 0 aliphatic carbocycles. The van der Waals surface area contributed by atoms with Gasteiger partial charge in [-0.15, -0.1) is 0 Å². The second-order valence-corrected chi connectivity index (χ2v) is 4.00. The zero-order valence-electron chi connectivity index (χ0n) is 9.04. The van der Waals surface area contributed by atoms with Crippen molar-refractivity contribution in [2.24, 2.45) is 0 Å². The summed E-state index contributed by atoms with van der Waals surface area (Å²) in [4.78, 5) is 32.7. The maximum Gasteiger partial charge on any atom is 0.269 e. The minimum absolute atomic E-state index is 0.0200. The first-order valence-electron chi connectivity index (χ1n) is 4.81. The Balaban J connectivity index is 3.03. The van der Waals surface area contributed by atoms with E-state index in [2.05, 4.69) is 15.9 Å². The third kappa shape index (κ3) is 3.27. The molecule has 0 unspecified atom stereocenters. The largest absolute Gasteiger partial charge is 0.529 e. The molecule has 0 saturated heterocycles. The smallest absolute Gasteiger partial charge is 0.269 e. The molecule has 0 bridgehead atoms. The number of imide groups is 1. The summed E-state index contributed by atoms with van der Waals surface area (Å²) in [6.07, 6.45) is -1.69. The van der Waals surface area contributed by atoms with Crippen LogP contribution in [0.15, 0.2) is 24.3 Å². The molecule has 0 atom stereocenters. The van der Waals surface area contributed by atoms with Gasteiger partial charge in [-0.3, -0.25) is 19.8 Å². The predicted molar refractivity (Wildman–Crippen MR) is 64.4 cm³/mol. The lowest BCUT2D eigenvalue weighted by Crippen LogP contribution is -2.45. The van der Waals surface area contributed by atoms with Crippen molar-refractivity contribution < 1.29 is 19.6 Å². The van der Waals surface area contributed by atoms with Gasteiger partial charge in [0.2, 0.25) is 5.91 Å². The highest BCUT2D eigenvalue weighted by atomic mass is 79.9. The van der Waals surface area contributed by atoms with Crippen molar-refractivity contribution in [3.8, 4) is 0 Å². The molecule has 1 rings (SSSR count). The molecule has 18 heavy (non-hydrogen) atoms.